The number of carbonyl (C=O) groups excluding carboxylic acids is 1. The number of carbonyl (C=O) groups is 1. The summed E-state index contributed by atoms with van der Waals surface area (Å²) in [5.41, 5.74) is 1.80. The first-order valence-electron chi connectivity index (χ1n) is 8.63. The maximum atomic E-state index is 13.2. The van der Waals surface area contributed by atoms with Crippen molar-refractivity contribution in [3.05, 3.63) is 70.5 Å². The van der Waals surface area contributed by atoms with Crippen molar-refractivity contribution in [3.8, 4) is 0 Å². The molecule has 0 N–H and O–H groups in total. The zero-order valence-electron chi connectivity index (χ0n) is 14.3. The topological polar surface area (TPSA) is 23.6 Å². The Bertz CT molecular complexity index is 709. The Hall–Kier alpha value is -1.91. The molecule has 132 valence electrons. The molecule has 0 radical (unpaired) electrons. The summed E-state index contributed by atoms with van der Waals surface area (Å²) < 4.78 is 13.2. The molecule has 2 aromatic carbocycles. The van der Waals surface area contributed by atoms with Crippen molar-refractivity contribution in [1.29, 1.82) is 0 Å². The molecule has 1 atom stereocenters. The first-order valence-corrected chi connectivity index (χ1v) is 9.00. The number of benzene rings is 2. The number of halogens is 2. The van der Waals surface area contributed by atoms with E-state index in [0.717, 1.165) is 25.1 Å². The minimum Gasteiger partial charge on any atom is -0.336 e. The lowest BCUT2D eigenvalue weighted by Crippen LogP contribution is -2.49. The Labute approximate surface area is 153 Å². The summed E-state index contributed by atoms with van der Waals surface area (Å²) in [7, 11) is 0. The van der Waals surface area contributed by atoms with E-state index in [1.54, 1.807) is 24.3 Å². The highest BCUT2D eigenvalue weighted by Gasteiger charge is 2.26. The van der Waals surface area contributed by atoms with Gasteiger partial charge in [-0.25, -0.2) is 4.39 Å². The number of rotatable bonds is 4. The van der Waals surface area contributed by atoms with E-state index in [-0.39, 0.29) is 17.8 Å². The second kappa shape index (κ2) is 7.98. The van der Waals surface area contributed by atoms with Gasteiger partial charge in [0.1, 0.15) is 5.82 Å². The summed E-state index contributed by atoms with van der Waals surface area (Å²) in [6, 6.07) is 14.0. The average molecular weight is 361 g/mol. The number of amides is 1. The second-order valence-electron chi connectivity index (χ2n) is 6.31. The highest BCUT2D eigenvalue weighted by Crippen LogP contribution is 2.26. The molecular weight excluding hydrogens is 339 g/mol. The van der Waals surface area contributed by atoms with Crippen LogP contribution in [0.25, 0.3) is 0 Å². The van der Waals surface area contributed by atoms with E-state index in [9.17, 15) is 9.18 Å². The van der Waals surface area contributed by atoms with Gasteiger partial charge in [-0.2, -0.15) is 0 Å². The number of hydrogen-bond acceptors (Lipinski definition) is 2. The van der Waals surface area contributed by atoms with Crippen LogP contribution in [0.5, 0.6) is 0 Å². The molecule has 1 unspecified atom stereocenters. The molecule has 5 heteroatoms. The van der Waals surface area contributed by atoms with E-state index in [2.05, 4.69) is 11.8 Å². The molecule has 1 aliphatic rings. The quantitative estimate of drug-likeness (QED) is 0.807. The van der Waals surface area contributed by atoms with Gasteiger partial charge in [0.2, 0.25) is 0 Å². The lowest BCUT2D eigenvalue weighted by atomic mass is 10.0. The summed E-state index contributed by atoms with van der Waals surface area (Å²) in [5.74, 6) is -0.164. The first-order chi connectivity index (χ1) is 12.1. The van der Waals surface area contributed by atoms with Gasteiger partial charge in [-0.3, -0.25) is 9.69 Å². The fraction of sp³-hybridized carbons (Fsp3) is 0.350. The normalized spacial score (nSPS) is 16.7. The Kier molecular flexibility index (Phi) is 5.71. The maximum absolute atomic E-state index is 13.2. The molecular formula is C20H22ClFN2O. The van der Waals surface area contributed by atoms with Crippen LogP contribution in [0.3, 0.4) is 0 Å². The zero-order chi connectivity index (χ0) is 17.8. The van der Waals surface area contributed by atoms with Gasteiger partial charge in [0.25, 0.3) is 5.91 Å². The largest absolute Gasteiger partial charge is 0.336 e. The number of nitrogens with zero attached hydrogens (tertiary/aromatic N) is 2. The molecule has 2 aromatic rings. The van der Waals surface area contributed by atoms with Crippen LogP contribution in [0.2, 0.25) is 5.02 Å². The van der Waals surface area contributed by atoms with Gasteiger partial charge in [-0.15, -0.1) is 0 Å². The van der Waals surface area contributed by atoms with Gasteiger partial charge in [0, 0.05) is 42.8 Å². The van der Waals surface area contributed by atoms with Gasteiger partial charge < -0.3 is 4.90 Å². The summed E-state index contributed by atoms with van der Waals surface area (Å²) >= 11 is 5.88. The minimum atomic E-state index is -0.211. The predicted octanol–water partition coefficient (Wildman–Crippen LogP) is 4.39. The lowest BCUT2D eigenvalue weighted by Gasteiger charge is -2.39. The molecule has 3 nitrogen and oxygen atoms in total. The highest BCUT2D eigenvalue weighted by atomic mass is 35.5. The van der Waals surface area contributed by atoms with E-state index in [4.69, 9.17) is 11.6 Å². The van der Waals surface area contributed by atoms with Crippen molar-refractivity contribution in [2.75, 3.05) is 26.2 Å². The molecule has 1 aliphatic heterocycles. The molecule has 0 bridgehead atoms. The highest BCUT2D eigenvalue weighted by molar-refractivity contribution is 6.30. The van der Waals surface area contributed by atoms with Gasteiger partial charge in [0.05, 0.1) is 0 Å². The Morgan fingerprint density at radius 3 is 2.20 bits per heavy atom. The van der Waals surface area contributed by atoms with E-state index < -0.39 is 0 Å². The van der Waals surface area contributed by atoms with Gasteiger partial charge in [-0.1, -0.05) is 30.7 Å². The molecule has 3 rings (SSSR count). The van der Waals surface area contributed by atoms with Crippen molar-refractivity contribution in [2.45, 2.75) is 19.4 Å². The van der Waals surface area contributed by atoms with E-state index in [1.807, 2.05) is 17.0 Å². The molecule has 1 saturated heterocycles. The van der Waals surface area contributed by atoms with Crippen LogP contribution >= 0.6 is 11.6 Å². The van der Waals surface area contributed by atoms with E-state index >= 15 is 0 Å². The van der Waals surface area contributed by atoms with Crippen molar-refractivity contribution in [1.82, 2.24) is 9.80 Å². The average Bonchev–Trinajstić information content (AvgIpc) is 2.64. The third-order valence-corrected chi connectivity index (χ3v) is 5.03. The standard InChI is InChI=1S/C20H22ClFN2O/c1-2-19(15-5-9-18(22)10-6-15)23-11-13-24(14-12-23)20(25)16-3-7-17(21)8-4-16/h3-10,19H,2,11-14H2,1H3. The van der Waals surface area contributed by atoms with Crippen LogP contribution in [-0.4, -0.2) is 41.9 Å². The molecule has 25 heavy (non-hydrogen) atoms. The Balaban J connectivity index is 1.63. The van der Waals surface area contributed by atoms with Crippen molar-refractivity contribution >= 4 is 17.5 Å². The smallest absolute Gasteiger partial charge is 0.253 e. The SMILES string of the molecule is CCC(c1ccc(F)cc1)N1CCN(C(=O)c2ccc(Cl)cc2)CC1. The monoisotopic (exact) mass is 360 g/mol. The first kappa shape index (κ1) is 17.9. The van der Waals surface area contributed by atoms with Gasteiger partial charge in [0.15, 0.2) is 0 Å². The molecule has 0 spiro atoms. The Morgan fingerprint density at radius 2 is 1.64 bits per heavy atom. The molecule has 0 saturated carbocycles. The molecule has 1 heterocycles. The fourth-order valence-electron chi connectivity index (χ4n) is 3.40. The third-order valence-electron chi connectivity index (χ3n) is 4.77. The van der Waals surface area contributed by atoms with E-state index in [0.29, 0.717) is 23.7 Å². The fourth-order valence-corrected chi connectivity index (χ4v) is 3.53. The third kappa shape index (κ3) is 4.20. The summed E-state index contributed by atoms with van der Waals surface area (Å²) in [6.45, 7) is 5.15. The van der Waals surface area contributed by atoms with Crippen LogP contribution in [0.15, 0.2) is 48.5 Å². The van der Waals surface area contributed by atoms with Gasteiger partial charge >= 0.3 is 0 Å². The van der Waals surface area contributed by atoms with Crippen molar-refractivity contribution < 1.29 is 9.18 Å². The molecule has 0 aliphatic carbocycles. The van der Waals surface area contributed by atoms with Crippen LogP contribution in [0.1, 0.15) is 35.3 Å². The van der Waals surface area contributed by atoms with Crippen LogP contribution < -0.4 is 0 Å². The summed E-state index contributed by atoms with van der Waals surface area (Å²) in [6.07, 6.45) is 0.955. The van der Waals surface area contributed by atoms with E-state index in [1.165, 1.54) is 12.1 Å². The second-order valence-corrected chi connectivity index (χ2v) is 6.75. The summed E-state index contributed by atoms with van der Waals surface area (Å²) in [5, 5.41) is 0.631. The lowest BCUT2D eigenvalue weighted by molar-refractivity contribution is 0.0562. The van der Waals surface area contributed by atoms with Crippen molar-refractivity contribution in [3.63, 3.8) is 0 Å². The number of piperazine rings is 1. The van der Waals surface area contributed by atoms with Crippen molar-refractivity contribution in [2.24, 2.45) is 0 Å². The van der Waals surface area contributed by atoms with Gasteiger partial charge in [-0.05, 0) is 48.4 Å². The predicted molar refractivity (Wildman–Crippen MR) is 98.4 cm³/mol. The van der Waals surface area contributed by atoms with Crippen LogP contribution in [-0.2, 0) is 0 Å². The van der Waals surface area contributed by atoms with Crippen LogP contribution in [0.4, 0.5) is 4.39 Å². The molecule has 0 aromatic heterocycles. The Morgan fingerprint density at radius 1 is 1.04 bits per heavy atom. The molecule has 1 amide bonds. The van der Waals surface area contributed by atoms with Crippen LogP contribution in [0, 0.1) is 5.82 Å². The summed E-state index contributed by atoms with van der Waals surface area (Å²) in [4.78, 5) is 16.8. The number of hydrogen-bond donors (Lipinski definition) is 0. The zero-order valence-corrected chi connectivity index (χ0v) is 15.0. The minimum absolute atomic E-state index is 0.0474. The molecule has 1 fully saturated rings. The maximum Gasteiger partial charge on any atom is 0.253 e.